The second-order valence-electron chi connectivity index (χ2n) is 4.66. The zero-order valence-electron chi connectivity index (χ0n) is 10.6. The molecule has 0 atom stereocenters. The van der Waals surface area contributed by atoms with Crippen molar-refractivity contribution < 1.29 is 17.6 Å². The number of hydrogen-bond donors (Lipinski definition) is 1. The van der Waals surface area contributed by atoms with E-state index in [-0.39, 0.29) is 5.56 Å². The van der Waals surface area contributed by atoms with E-state index in [1.54, 1.807) is 0 Å². The first-order valence-corrected chi connectivity index (χ1v) is 8.46. The van der Waals surface area contributed by atoms with Crippen LogP contribution in [0.25, 0.3) is 0 Å². The SMILES string of the molecule is NS(=O)(=O)c1cc(Br)cc(C(=O)N2CCCCC2)c1F. The van der Waals surface area contributed by atoms with Crippen molar-refractivity contribution in [1.82, 2.24) is 4.90 Å². The maximum atomic E-state index is 14.2. The van der Waals surface area contributed by atoms with E-state index in [1.807, 2.05) is 0 Å². The van der Waals surface area contributed by atoms with Crippen molar-refractivity contribution in [2.75, 3.05) is 13.1 Å². The van der Waals surface area contributed by atoms with Crippen LogP contribution in [0.3, 0.4) is 0 Å². The van der Waals surface area contributed by atoms with Crippen molar-refractivity contribution in [3.63, 3.8) is 0 Å². The van der Waals surface area contributed by atoms with Crippen LogP contribution in [0.4, 0.5) is 4.39 Å². The van der Waals surface area contributed by atoms with Gasteiger partial charge in [-0.15, -0.1) is 0 Å². The molecule has 1 aromatic rings. The molecule has 1 heterocycles. The highest BCUT2D eigenvalue weighted by atomic mass is 79.9. The Hall–Kier alpha value is -0.990. The summed E-state index contributed by atoms with van der Waals surface area (Å²) in [5, 5.41) is 4.96. The predicted molar refractivity (Wildman–Crippen MR) is 75.2 cm³/mol. The third kappa shape index (κ3) is 3.18. The minimum Gasteiger partial charge on any atom is -0.339 e. The highest BCUT2D eigenvalue weighted by Crippen LogP contribution is 2.25. The molecule has 8 heteroatoms. The molecular formula is C12H14BrFN2O3S. The summed E-state index contributed by atoms with van der Waals surface area (Å²) in [5.74, 6) is -1.60. The third-order valence-corrected chi connectivity index (χ3v) is 4.55. The number of nitrogens with zero attached hydrogens (tertiary/aromatic N) is 1. The number of sulfonamides is 1. The molecule has 0 spiro atoms. The number of hydrogen-bond acceptors (Lipinski definition) is 3. The van der Waals surface area contributed by atoms with E-state index in [0.717, 1.165) is 25.3 Å². The van der Waals surface area contributed by atoms with Crippen molar-refractivity contribution in [3.8, 4) is 0 Å². The molecule has 5 nitrogen and oxygen atoms in total. The number of likely N-dealkylation sites (tertiary alicyclic amines) is 1. The molecule has 0 bridgehead atoms. The molecular weight excluding hydrogens is 351 g/mol. The van der Waals surface area contributed by atoms with Crippen molar-refractivity contribution in [1.29, 1.82) is 0 Å². The highest BCUT2D eigenvalue weighted by molar-refractivity contribution is 9.10. The monoisotopic (exact) mass is 364 g/mol. The van der Waals surface area contributed by atoms with Gasteiger partial charge >= 0.3 is 0 Å². The summed E-state index contributed by atoms with van der Waals surface area (Å²) in [6.07, 6.45) is 2.76. The Morgan fingerprint density at radius 2 is 1.85 bits per heavy atom. The summed E-state index contributed by atoms with van der Waals surface area (Å²) in [4.78, 5) is 13.1. The molecule has 1 aromatic carbocycles. The topological polar surface area (TPSA) is 80.5 Å². The fourth-order valence-corrected chi connectivity index (χ4v) is 3.45. The number of primary sulfonamides is 1. The summed E-state index contributed by atoms with van der Waals surface area (Å²) >= 11 is 3.07. The maximum absolute atomic E-state index is 14.2. The highest BCUT2D eigenvalue weighted by Gasteiger charge is 2.26. The van der Waals surface area contributed by atoms with Gasteiger partial charge in [-0.3, -0.25) is 4.79 Å². The first-order chi connectivity index (χ1) is 9.30. The molecule has 0 aromatic heterocycles. The lowest BCUT2D eigenvalue weighted by atomic mass is 10.1. The molecule has 110 valence electrons. The van der Waals surface area contributed by atoms with Gasteiger partial charge in [-0.05, 0) is 31.4 Å². The normalized spacial score (nSPS) is 16.2. The Bertz CT molecular complexity index is 642. The zero-order chi connectivity index (χ0) is 14.9. The minimum atomic E-state index is -4.22. The Balaban J connectivity index is 2.46. The van der Waals surface area contributed by atoms with Gasteiger partial charge in [-0.25, -0.2) is 17.9 Å². The Kier molecular flexibility index (Phi) is 4.46. The van der Waals surface area contributed by atoms with Crippen LogP contribution in [0.15, 0.2) is 21.5 Å². The molecule has 1 aliphatic rings. The fourth-order valence-electron chi connectivity index (χ4n) is 2.19. The number of nitrogens with two attached hydrogens (primary N) is 1. The largest absolute Gasteiger partial charge is 0.339 e. The quantitative estimate of drug-likeness (QED) is 0.869. The standard InChI is InChI=1S/C12H14BrFN2O3S/c13-8-6-9(11(14)10(7-8)20(15,18)19)12(17)16-4-2-1-3-5-16/h6-7H,1-5H2,(H2,15,18,19). The van der Waals surface area contributed by atoms with Crippen molar-refractivity contribution in [2.24, 2.45) is 5.14 Å². The van der Waals surface area contributed by atoms with E-state index >= 15 is 0 Å². The first-order valence-electron chi connectivity index (χ1n) is 6.12. The van der Waals surface area contributed by atoms with Crippen LogP contribution in [-0.2, 0) is 10.0 Å². The van der Waals surface area contributed by atoms with Crippen LogP contribution < -0.4 is 5.14 Å². The molecule has 1 aliphatic heterocycles. The lowest BCUT2D eigenvalue weighted by Crippen LogP contribution is -2.36. The number of piperidine rings is 1. The van der Waals surface area contributed by atoms with Crippen molar-refractivity contribution in [2.45, 2.75) is 24.2 Å². The molecule has 0 aliphatic carbocycles. The third-order valence-electron chi connectivity index (χ3n) is 3.18. The van der Waals surface area contributed by atoms with Gasteiger partial charge in [0.05, 0.1) is 5.56 Å². The van der Waals surface area contributed by atoms with E-state index in [1.165, 1.54) is 11.0 Å². The van der Waals surface area contributed by atoms with Gasteiger partial charge in [-0.1, -0.05) is 15.9 Å². The van der Waals surface area contributed by atoms with Crippen molar-refractivity contribution >= 4 is 31.9 Å². The van der Waals surface area contributed by atoms with E-state index in [0.29, 0.717) is 17.6 Å². The summed E-state index contributed by atoms with van der Waals surface area (Å²) in [5.41, 5.74) is -0.273. The average Bonchev–Trinajstić information content (AvgIpc) is 2.40. The van der Waals surface area contributed by atoms with Crippen LogP contribution in [0.5, 0.6) is 0 Å². The molecule has 2 rings (SSSR count). The zero-order valence-corrected chi connectivity index (χ0v) is 13.0. The smallest absolute Gasteiger partial charge is 0.256 e. The summed E-state index contributed by atoms with van der Waals surface area (Å²) in [6.45, 7) is 1.10. The molecule has 0 radical (unpaired) electrons. The van der Waals surface area contributed by atoms with Gasteiger partial charge in [0.25, 0.3) is 5.91 Å². The Morgan fingerprint density at radius 3 is 2.40 bits per heavy atom. The summed E-state index contributed by atoms with van der Waals surface area (Å²) in [7, 11) is -4.22. The minimum absolute atomic E-state index is 0.273. The van der Waals surface area contributed by atoms with Crippen molar-refractivity contribution in [3.05, 3.63) is 28.0 Å². The molecule has 20 heavy (non-hydrogen) atoms. The molecule has 2 N–H and O–H groups in total. The van der Waals surface area contributed by atoms with E-state index < -0.39 is 26.6 Å². The summed E-state index contributed by atoms with van der Waals surface area (Å²) < 4.78 is 37.2. The Morgan fingerprint density at radius 1 is 1.25 bits per heavy atom. The van der Waals surface area contributed by atoms with E-state index in [9.17, 15) is 17.6 Å². The van der Waals surface area contributed by atoms with Crippen LogP contribution in [0.2, 0.25) is 0 Å². The van der Waals surface area contributed by atoms with Gasteiger partial charge in [0.15, 0.2) is 5.82 Å². The van der Waals surface area contributed by atoms with Gasteiger partial charge in [0.2, 0.25) is 10.0 Å². The molecule has 0 saturated carbocycles. The maximum Gasteiger partial charge on any atom is 0.256 e. The van der Waals surface area contributed by atoms with Crippen LogP contribution in [-0.4, -0.2) is 32.3 Å². The first kappa shape index (κ1) is 15.4. The number of carbonyl (C=O) groups excluding carboxylic acids is 1. The number of benzene rings is 1. The van der Waals surface area contributed by atoms with E-state index in [4.69, 9.17) is 5.14 Å². The molecule has 1 amide bonds. The van der Waals surface area contributed by atoms with Crippen LogP contribution in [0.1, 0.15) is 29.6 Å². The van der Waals surface area contributed by atoms with Gasteiger partial charge in [0.1, 0.15) is 4.90 Å². The van der Waals surface area contributed by atoms with Crippen LogP contribution in [0, 0.1) is 5.82 Å². The number of rotatable bonds is 2. The number of halogens is 2. The predicted octanol–water partition coefficient (Wildman–Crippen LogP) is 1.86. The fraction of sp³-hybridized carbons (Fsp3) is 0.417. The molecule has 1 saturated heterocycles. The lowest BCUT2D eigenvalue weighted by Gasteiger charge is -2.27. The van der Waals surface area contributed by atoms with Gasteiger partial charge in [0, 0.05) is 17.6 Å². The number of amides is 1. The molecule has 1 fully saturated rings. The Labute approximate surface area is 125 Å². The van der Waals surface area contributed by atoms with Gasteiger partial charge < -0.3 is 4.90 Å². The second-order valence-corrected chi connectivity index (χ2v) is 7.11. The number of carbonyl (C=O) groups is 1. The van der Waals surface area contributed by atoms with Crippen LogP contribution >= 0.6 is 15.9 Å². The summed E-state index contributed by atoms with van der Waals surface area (Å²) in [6, 6.07) is 2.33. The average molecular weight is 365 g/mol. The van der Waals surface area contributed by atoms with Gasteiger partial charge in [-0.2, -0.15) is 0 Å². The molecule has 0 unspecified atom stereocenters. The lowest BCUT2D eigenvalue weighted by molar-refractivity contribution is 0.0719. The van der Waals surface area contributed by atoms with E-state index in [2.05, 4.69) is 15.9 Å². The second kappa shape index (κ2) is 5.79.